The van der Waals surface area contributed by atoms with E-state index >= 15 is 0 Å². The van der Waals surface area contributed by atoms with E-state index in [4.69, 9.17) is 0 Å². The van der Waals surface area contributed by atoms with Crippen LogP contribution < -0.4 is 5.32 Å². The molecule has 0 spiro atoms. The molecule has 0 aromatic heterocycles. The molecule has 152 valence electrons. The van der Waals surface area contributed by atoms with E-state index in [0.717, 1.165) is 11.1 Å². The number of carbonyl (C=O) groups is 1. The summed E-state index contributed by atoms with van der Waals surface area (Å²) in [5.41, 5.74) is 1.74. The zero-order valence-electron chi connectivity index (χ0n) is 16.3. The van der Waals surface area contributed by atoms with Gasteiger partial charge in [0.15, 0.2) is 0 Å². The third-order valence-corrected chi connectivity index (χ3v) is 6.60. The molecule has 0 saturated heterocycles. The number of rotatable bonds is 10. The fraction of sp³-hybridized carbons (Fsp3) is 0.381. The van der Waals surface area contributed by atoms with Gasteiger partial charge in [-0.2, -0.15) is 4.31 Å². The number of hydrogen-bond donors (Lipinski definition) is 1. The first-order valence-electron chi connectivity index (χ1n) is 9.47. The standard InChI is InChI=1S/C21H27FN2O3S/c1-3-24(4-2)28(26,27)20-11-8-17(9-12-20)10-13-21(25)23-15-14-18-6-5-7-19(22)16-18/h5-9,11-12,16H,3-4,10,13-15H2,1-2H3,(H,23,25). The summed E-state index contributed by atoms with van der Waals surface area (Å²) < 4.78 is 39.5. The van der Waals surface area contributed by atoms with Crippen LogP contribution in [0.5, 0.6) is 0 Å². The molecule has 2 aromatic carbocycles. The predicted molar refractivity (Wildman–Crippen MR) is 108 cm³/mol. The average molecular weight is 407 g/mol. The van der Waals surface area contributed by atoms with E-state index in [1.54, 1.807) is 30.3 Å². The Bertz CT molecular complexity index is 879. The van der Waals surface area contributed by atoms with Crippen molar-refractivity contribution in [1.82, 2.24) is 9.62 Å². The van der Waals surface area contributed by atoms with E-state index in [1.165, 1.54) is 16.4 Å². The molecular weight excluding hydrogens is 379 g/mol. The largest absolute Gasteiger partial charge is 0.356 e. The van der Waals surface area contributed by atoms with Gasteiger partial charge in [0.05, 0.1) is 4.90 Å². The normalized spacial score (nSPS) is 11.6. The number of carbonyl (C=O) groups excluding carboxylic acids is 1. The van der Waals surface area contributed by atoms with Crippen molar-refractivity contribution in [2.24, 2.45) is 0 Å². The molecule has 7 heteroatoms. The second-order valence-electron chi connectivity index (χ2n) is 6.46. The van der Waals surface area contributed by atoms with Gasteiger partial charge in [-0.15, -0.1) is 0 Å². The van der Waals surface area contributed by atoms with Gasteiger partial charge in [-0.05, 0) is 48.2 Å². The van der Waals surface area contributed by atoms with E-state index in [-0.39, 0.29) is 16.6 Å². The first kappa shape index (κ1) is 22.0. The molecule has 2 rings (SSSR count). The quantitative estimate of drug-likeness (QED) is 0.659. The van der Waals surface area contributed by atoms with Crippen molar-refractivity contribution in [1.29, 1.82) is 0 Å². The Morgan fingerprint density at radius 1 is 1.00 bits per heavy atom. The minimum absolute atomic E-state index is 0.0868. The van der Waals surface area contributed by atoms with Crippen LogP contribution in [0.25, 0.3) is 0 Å². The van der Waals surface area contributed by atoms with Gasteiger partial charge in [0.1, 0.15) is 5.82 Å². The molecule has 1 amide bonds. The highest BCUT2D eigenvalue weighted by Gasteiger charge is 2.21. The van der Waals surface area contributed by atoms with Crippen molar-refractivity contribution in [3.63, 3.8) is 0 Å². The first-order chi connectivity index (χ1) is 13.4. The second kappa shape index (κ2) is 10.3. The van der Waals surface area contributed by atoms with Crippen LogP contribution in [-0.2, 0) is 27.7 Å². The van der Waals surface area contributed by atoms with Gasteiger partial charge < -0.3 is 5.32 Å². The number of aryl methyl sites for hydroxylation is 1. The molecular formula is C21H27FN2O3S. The van der Waals surface area contributed by atoms with E-state index in [0.29, 0.717) is 38.9 Å². The molecule has 5 nitrogen and oxygen atoms in total. The molecule has 0 bridgehead atoms. The van der Waals surface area contributed by atoms with Crippen LogP contribution in [0.1, 0.15) is 31.4 Å². The molecule has 0 radical (unpaired) electrons. The monoisotopic (exact) mass is 406 g/mol. The van der Waals surface area contributed by atoms with Crippen LogP contribution in [0.3, 0.4) is 0 Å². The maximum atomic E-state index is 13.1. The van der Waals surface area contributed by atoms with Gasteiger partial charge in [-0.3, -0.25) is 4.79 Å². The molecule has 1 N–H and O–H groups in total. The van der Waals surface area contributed by atoms with E-state index in [9.17, 15) is 17.6 Å². The third-order valence-electron chi connectivity index (χ3n) is 4.53. The lowest BCUT2D eigenvalue weighted by Crippen LogP contribution is -2.30. The number of halogens is 1. The highest BCUT2D eigenvalue weighted by atomic mass is 32.2. The van der Waals surface area contributed by atoms with Gasteiger partial charge in [-0.1, -0.05) is 38.1 Å². The fourth-order valence-electron chi connectivity index (χ4n) is 2.93. The fourth-order valence-corrected chi connectivity index (χ4v) is 4.38. The summed E-state index contributed by atoms with van der Waals surface area (Å²) in [5, 5.41) is 2.82. The summed E-state index contributed by atoms with van der Waals surface area (Å²) in [7, 11) is -3.46. The number of amides is 1. The summed E-state index contributed by atoms with van der Waals surface area (Å²) in [4.78, 5) is 12.2. The number of hydrogen-bond acceptors (Lipinski definition) is 3. The van der Waals surface area contributed by atoms with E-state index in [1.807, 2.05) is 19.9 Å². The zero-order chi connectivity index (χ0) is 20.6. The molecule has 0 unspecified atom stereocenters. The molecule has 0 atom stereocenters. The lowest BCUT2D eigenvalue weighted by molar-refractivity contribution is -0.121. The van der Waals surface area contributed by atoms with E-state index < -0.39 is 10.0 Å². The molecule has 0 fully saturated rings. The highest BCUT2D eigenvalue weighted by molar-refractivity contribution is 7.89. The lowest BCUT2D eigenvalue weighted by atomic mass is 10.1. The zero-order valence-corrected chi connectivity index (χ0v) is 17.1. The number of sulfonamides is 1. The highest BCUT2D eigenvalue weighted by Crippen LogP contribution is 2.16. The molecule has 28 heavy (non-hydrogen) atoms. The predicted octanol–water partition coefficient (Wildman–Crippen LogP) is 3.15. The van der Waals surface area contributed by atoms with Crippen molar-refractivity contribution < 1.29 is 17.6 Å². The van der Waals surface area contributed by atoms with Crippen LogP contribution in [0.4, 0.5) is 4.39 Å². The molecule has 0 heterocycles. The Morgan fingerprint density at radius 2 is 1.68 bits per heavy atom. The summed E-state index contributed by atoms with van der Waals surface area (Å²) in [5.74, 6) is -0.369. The topological polar surface area (TPSA) is 66.5 Å². The van der Waals surface area contributed by atoms with Crippen molar-refractivity contribution in [2.75, 3.05) is 19.6 Å². The van der Waals surface area contributed by atoms with Crippen molar-refractivity contribution >= 4 is 15.9 Å². The summed E-state index contributed by atoms with van der Waals surface area (Å²) in [6, 6.07) is 13.0. The number of benzene rings is 2. The maximum Gasteiger partial charge on any atom is 0.243 e. The van der Waals surface area contributed by atoms with Gasteiger partial charge in [-0.25, -0.2) is 12.8 Å². The third kappa shape index (κ3) is 6.14. The second-order valence-corrected chi connectivity index (χ2v) is 8.40. The van der Waals surface area contributed by atoms with Gasteiger partial charge in [0.2, 0.25) is 15.9 Å². The average Bonchev–Trinajstić information content (AvgIpc) is 2.67. The van der Waals surface area contributed by atoms with Crippen LogP contribution in [0.2, 0.25) is 0 Å². The number of nitrogens with zero attached hydrogens (tertiary/aromatic N) is 1. The van der Waals surface area contributed by atoms with Crippen LogP contribution in [-0.4, -0.2) is 38.3 Å². The van der Waals surface area contributed by atoms with Crippen molar-refractivity contribution in [2.45, 2.75) is 38.0 Å². The molecule has 0 saturated carbocycles. The van der Waals surface area contributed by atoms with E-state index in [2.05, 4.69) is 5.32 Å². The molecule has 2 aromatic rings. The minimum atomic E-state index is -3.46. The van der Waals surface area contributed by atoms with Gasteiger partial charge >= 0.3 is 0 Å². The Kier molecular flexibility index (Phi) is 8.14. The Hall–Kier alpha value is -2.25. The Morgan fingerprint density at radius 3 is 2.29 bits per heavy atom. The molecule has 0 aliphatic rings. The van der Waals surface area contributed by atoms with Gasteiger partial charge in [0.25, 0.3) is 0 Å². The van der Waals surface area contributed by atoms with Crippen molar-refractivity contribution in [3.05, 3.63) is 65.5 Å². The summed E-state index contributed by atoms with van der Waals surface area (Å²) >= 11 is 0. The van der Waals surface area contributed by atoms with Crippen LogP contribution >= 0.6 is 0 Å². The number of nitrogens with one attached hydrogen (secondary N) is 1. The van der Waals surface area contributed by atoms with Crippen molar-refractivity contribution in [3.8, 4) is 0 Å². The Balaban J connectivity index is 1.81. The van der Waals surface area contributed by atoms with Gasteiger partial charge in [0, 0.05) is 26.1 Å². The SMILES string of the molecule is CCN(CC)S(=O)(=O)c1ccc(CCC(=O)NCCc2cccc(F)c2)cc1. The van der Waals surface area contributed by atoms with Crippen LogP contribution in [0.15, 0.2) is 53.4 Å². The van der Waals surface area contributed by atoms with Crippen LogP contribution in [0, 0.1) is 5.82 Å². The maximum absolute atomic E-state index is 13.1. The lowest BCUT2D eigenvalue weighted by Gasteiger charge is -2.18. The summed E-state index contributed by atoms with van der Waals surface area (Å²) in [6.07, 6.45) is 1.41. The minimum Gasteiger partial charge on any atom is -0.356 e. The summed E-state index contributed by atoms with van der Waals surface area (Å²) in [6.45, 7) is 4.92. The first-order valence-corrected chi connectivity index (χ1v) is 10.9. The molecule has 0 aliphatic heterocycles. The smallest absolute Gasteiger partial charge is 0.243 e. The molecule has 0 aliphatic carbocycles. The Labute approximate surface area is 166 Å².